The van der Waals surface area contributed by atoms with Crippen LogP contribution < -0.4 is 0 Å². The van der Waals surface area contributed by atoms with Crippen molar-refractivity contribution in [3.05, 3.63) is 53.7 Å². The smallest absolute Gasteiger partial charge is 0.223 e. The molecule has 0 aromatic carbocycles. The first-order valence-corrected chi connectivity index (χ1v) is 8.38. The Morgan fingerprint density at radius 2 is 2.09 bits per heavy atom. The number of hydrogen-bond donors (Lipinski definition) is 0. The van der Waals surface area contributed by atoms with Crippen LogP contribution in [-0.2, 0) is 11.2 Å². The summed E-state index contributed by atoms with van der Waals surface area (Å²) in [5.74, 6) is 2.66. The van der Waals surface area contributed by atoms with E-state index < -0.39 is 0 Å². The molecule has 2 aromatic heterocycles. The van der Waals surface area contributed by atoms with Gasteiger partial charge in [-0.15, -0.1) is 0 Å². The zero-order valence-electron chi connectivity index (χ0n) is 13.9. The Morgan fingerprint density at radius 1 is 1.30 bits per heavy atom. The lowest BCUT2D eigenvalue weighted by Crippen LogP contribution is -2.40. The molecule has 2 aromatic rings. The van der Waals surface area contributed by atoms with Crippen LogP contribution in [0, 0.1) is 12.8 Å². The predicted molar refractivity (Wildman–Crippen MR) is 88.9 cm³/mol. The molecule has 4 heteroatoms. The van der Waals surface area contributed by atoms with Gasteiger partial charge in [0.1, 0.15) is 11.5 Å². The molecule has 1 fully saturated rings. The molecular formula is C19H24N2O2. The number of pyridine rings is 1. The molecule has 0 radical (unpaired) electrons. The summed E-state index contributed by atoms with van der Waals surface area (Å²) < 4.78 is 5.81. The van der Waals surface area contributed by atoms with E-state index in [-0.39, 0.29) is 11.9 Å². The number of aromatic nitrogens is 1. The van der Waals surface area contributed by atoms with Gasteiger partial charge in [0.05, 0.1) is 6.04 Å². The molecule has 2 atom stereocenters. The molecule has 1 aliphatic rings. The lowest BCUT2D eigenvalue weighted by atomic mass is 9.90. The van der Waals surface area contributed by atoms with Crippen LogP contribution in [0.1, 0.15) is 49.3 Å². The first kappa shape index (κ1) is 15.8. The highest BCUT2D eigenvalue weighted by Crippen LogP contribution is 2.35. The Kier molecular flexibility index (Phi) is 4.79. The van der Waals surface area contributed by atoms with Gasteiger partial charge in [0.2, 0.25) is 5.91 Å². The van der Waals surface area contributed by atoms with Crippen molar-refractivity contribution in [3.8, 4) is 0 Å². The fourth-order valence-corrected chi connectivity index (χ4v) is 3.29. The van der Waals surface area contributed by atoms with Crippen molar-refractivity contribution >= 4 is 5.91 Å². The Bertz CT molecular complexity index is 650. The summed E-state index contributed by atoms with van der Waals surface area (Å²) in [4.78, 5) is 18.8. The molecule has 0 N–H and O–H groups in total. The minimum atomic E-state index is 0.0809. The highest BCUT2D eigenvalue weighted by Gasteiger charge is 2.32. The van der Waals surface area contributed by atoms with E-state index in [4.69, 9.17) is 4.42 Å². The Labute approximate surface area is 137 Å². The van der Waals surface area contributed by atoms with Crippen molar-refractivity contribution in [2.24, 2.45) is 5.92 Å². The third-order valence-electron chi connectivity index (χ3n) is 4.65. The van der Waals surface area contributed by atoms with Crippen LogP contribution in [0.2, 0.25) is 0 Å². The van der Waals surface area contributed by atoms with Gasteiger partial charge in [-0.25, -0.2) is 0 Å². The van der Waals surface area contributed by atoms with Gasteiger partial charge in [0.25, 0.3) is 0 Å². The second-order valence-electron chi connectivity index (χ2n) is 6.54. The van der Waals surface area contributed by atoms with Gasteiger partial charge in [-0.1, -0.05) is 6.92 Å². The van der Waals surface area contributed by atoms with E-state index in [1.165, 1.54) is 0 Å². The molecule has 3 heterocycles. The topological polar surface area (TPSA) is 46.3 Å². The lowest BCUT2D eigenvalue weighted by molar-refractivity contribution is -0.136. The van der Waals surface area contributed by atoms with Crippen molar-refractivity contribution in [2.75, 3.05) is 6.54 Å². The van der Waals surface area contributed by atoms with Crippen LogP contribution in [-0.4, -0.2) is 22.3 Å². The maximum atomic E-state index is 12.7. The van der Waals surface area contributed by atoms with Crippen molar-refractivity contribution in [1.29, 1.82) is 0 Å². The number of piperidine rings is 1. The molecule has 1 aliphatic heterocycles. The second kappa shape index (κ2) is 6.99. The Morgan fingerprint density at radius 3 is 2.78 bits per heavy atom. The lowest BCUT2D eigenvalue weighted by Gasteiger charge is -2.37. The van der Waals surface area contributed by atoms with Crippen LogP contribution in [0.3, 0.4) is 0 Å². The summed E-state index contributed by atoms with van der Waals surface area (Å²) in [6.45, 7) is 5.02. The zero-order chi connectivity index (χ0) is 16.2. The molecule has 0 bridgehead atoms. The van der Waals surface area contributed by atoms with E-state index in [0.717, 1.165) is 42.9 Å². The van der Waals surface area contributed by atoms with E-state index in [1.54, 1.807) is 12.4 Å². The number of hydrogen-bond acceptors (Lipinski definition) is 3. The molecule has 23 heavy (non-hydrogen) atoms. The van der Waals surface area contributed by atoms with Gasteiger partial charge in [0, 0.05) is 25.4 Å². The quantitative estimate of drug-likeness (QED) is 0.859. The largest absolute Gasteiger partial charge is 0.464 e. The van der Waals surface area contributed by atoms with Crippen LogP contribution in [0.4, 0.5) is 0 Å². The van der Waals surface area contributed by atoms with Crippen molar-refractivity contribution in [1.82, 2.24) is 9.88 Å². The molecule has 0 unspecified atom stereocenters. The minimum Gasteiger partial charge on any atom is -0.464 e. The van der Waals surface area contributed by atoms with Crippen molar-refractivity contribution in [3.63, 3.8) is 0 Å². The van der Waals surface area contributed by atoms with E-state index in [0.29, 0.717) is 12.3 Å². The monoisotopic (exact) mass is 312 g/mol. The summed E-state index contributed by atoms with van der Waals surface area (Å²) in [5, 5.41) is 0. The minimum absolute atomic E-state index is 0.0809. The number of carbonyl (C=O) groups excluding carboxylic acids is 1. The molecule has 0 aliphatic carbocycles. The highest BCUT2D eigenvalue weighted by molar-refractivity contribution is 5.77. The van der Waals surface area contributed by atoms with Gasteiger partial charge in [-0.3, -0.25) is 9.78 Å². The fraction of sp³-hybridized carbons (Fsp3) is 0.474. The van der Waals surface area contributed by atoms with Crippen LogP contribution >= 0.6 is 0 Å². The van der Waals surface area contributed by atoms with Gasteiger partial charge in [-0.05, 0) is 61.9 Å². The molecule has 0 spiro atoms. The van der Waals surface area contributed by atoms with E-state index in [9.17, 15) is 4.79 Å². The number of rotatable bonds is 4. The summed E-state index contributed by atoms with van der Waals surface area (Å²) in [6.07, 6.45) is 6.89. The third-order valence-corrected chi connectivity index (χ3v) is 4.65. The zero-order valence-corrected chi connectivity index (χ0v) is 13.9. The van der Waals surface area contributed by atoms with Crippen molar-refractivity contribution in [2.45, 2.75) is 45.6 Å². The standard InChI is InChI=1S/C19H24N2O2/c1-14-9-12-21(17(13-14)18-5-3-15(2)23-18)19(22)6-4-16-7-10-20-11-8-16/h3,5,7-8,10-11,14,17H,4,6,9,12-13H2,1-2H3/t14-,17+/m0/s1. The second-order valence-corrected chi connectivity index (χ2v) is 6.54. The maximum Gasteiger partial charge on any atom is 0.223 e. The van der Waals surface area contributed by atoms with Gasteiger partial charge in [-0.2, -0.15) is 0 Å². The van der Waals surface area contributed by atoms with Gasteiger partial charge in [0.15, 0.2) is 0 Å². The molecule has 0 saturated carbocycles. The summed E-state index contributed by atoms with van der Waals surface area (Å²) in [5.41, 5.74) is 1.16. The van der Waals surface area contributed by atoms with E-state index >= 15 is 0 Å². The summed E-state index contributed by atoms with van der Waals surface area (Å²) in [6, 6.07) is 8.02. The van der Waals surface area contributed by atoms with Gasteiger partial charge >= 0.3 is 0 Å². The Hall–Kier alpha value is -2.10. The molecule has 1 saturated heterocycles. The fourth-order valence-electron chi connectivity index (χ4n) is 3.29. The molecule has 1 amide bonds. The number of furan rings is 1. The maximum absolute atomic E-state index is 12.7. The molecule has 4 nitrogen and oxygen atoms in total. The molecule has 3 rings (SSSR count). The number of amides is 1. The van der Waals surface area contributed by atoms with Gasteiger partial charge < -0.3 is 9.32 Å². The SMILES string of the molecule is Cc1ccc([C@H]2C[C@@H](C)CCN2C(=O)CCc2ccncc2)o1. The van der Waals surface area contributed by atoms with E-state index in [1.807, 2.05) is 36.1 Å². The highest BCUT2D eigenvalue weighted by atomic mass is 16.3. The number of aryl methyl sites for hydroxylation is 2. The first-order valence-electron chi connectivity index (χ1n) is 8.38. The summed E-state index contributed by atoms with van der Waals surface area (Å²) >= 11 is 0. The van der Waals surface area contributed by atoms with Crippen LogP contribution in [0.25, 0.3) is 0 Å². The molecule has 122 valence electrons. The first-order chi connectivity index (χ1) is 11.1. The molecular weight excluding hydrogens is 288 g/mol. The van der Waals surface area contributed by atoms with Crippen molar-refractivity contribution < 1.29 is 9.21 Å². The average molecular weight is 312 g/mol. The number of likely N-dealkylation sites (tertiary alicyclic amines) is 1. The predicted octanol–water partition coefficient (Wildman–Crippen LogP) is 3.92. The normalized spacial score (nSPS) is 21.4. The van der Waals surface area contributed by atoms with E-state index in [2.05, 4.69) is 11.9 Å². The number of nitrogens with zero attached hydrogens (tertiary/aromatic N) is 2. The Balaban J connectivity index is 1.69. The third kappa shape index (κ3) is 3.81. The van der Waals surface area contributed by atoms with Crippen LogP contribution in [0.15, 0.2) is 41.1 Å². The van der Waals surface area contributed by atoms with Crippen LogP contribution in [0.5, 0.6) is 0 Å². The number of carbonyl (C=O) groups is 1. The summed E-state index contributed by atoms with van der Waals surface area (Å²) in [7, 11) is 0. The average Bonchev–Trinajstić information content (AvgIpc) is 3.00.